The number of aromatic nitrogens is 1. The second-order valence-corrected chi connectivity index (χ2v) is 6.61. The molecule has 4 nitrogen and oxygen atoms in total. The summed E-state index contributed by atoms with van der Waals surface area (Å²) < 4.78 is 41.5. The first kappa shape index (κ1) is 18.5. The molecule has 0 unspecified atom stereocenters. The van der Waals surface area contributed by atoms with E-state index in [0.29, 0.717) is 9.99 Å². The SMILES string of the molecule is O=C(O)c1ccc2c(Br)cc(C(=O)c3c(Cl)cccc3C(F)(F)F)n2c1. The van der Waals surface area contributed by atoms with E-state index in [9.17, 15) is 22.8 Å². The Bertz CT molecular complexity index is 1060. The van der Waals surface area contributed by atoms with Gasteiger partial charge in [0, 0.05) is 10.7 Å². The molecular formula is C17H8BrClF3NO3. The van der Waals surface area contributed by atoms with Crippen LogP contribution in [0, 0.1) is 0 Å². The number of pyridine rings is 1. The van der Waals surface area contributed by atoms with Gasteiger partial charge in [0.25, 0.3) is 0 Å². The molecule has 2 heterocycles. The third-order valence-electron chi connectivity index (χ3n) is 3.74. The molecule has 0 aliphatic carbocycles. The number of hydrogen-bond donors (Lipinski definition) is 1. The van der Waals surface area contributed by atoms with Crippen molar-refractivity contribution in [3.63, 3.8) is 0 Å². The first-order valence-electron chi connectivity index (χ1n) is 7.05. The summed E-state index contributed by atoms with van der Waals surface area (Å²) in [7, 11) is 0. The number of carboxylic acid groups (broad SMARTS) is 1. The minimum absolute atomic E-state index is 0.121. The minimum Gasteiger partial charge on any atom is -0.478 e. The number of halogens is 5. The molecule has 2 aromatic heterocycles. The number of aromatic carboxylic acids is 1. The van der Waals surface area contributed by atoms with Gasteiger partial charge in [0.15, 0.2) is 0 Å². The van der Waals surface area contributed by atoms with E-state index in [1.165, 1.54) is 34.9 Å². The van der Waals surface area contributed by atoms with Crippen LogP contribution in [0.3, 0.4) is 0 Å². The number of carbonyl (C=O) groups is 2. The van der Waals surface area contributed by atoms with Crippen molar-refractivity contribution in [3.8, 4) is 0 Å². The van der Waals surface area contributed by atoms with Crippen LogP contribution in [0.25, 0.3) is 5.52 Å². The third kappa shape index (κ3) is 3.10. The van der Waals surface area contributed by atoms with Crippen molar-refractivity contribution in [2.75, 3.05) is 0 Å². The number of ketones is 1. The zero-order chi connectivity index (χ0) is 19.2. The Morgan fingerprint density at radius 1 is 1.15 bits per heavy atom. The molecule has 0 amide bonds. The highest BCUT2D eigenvalue weighted by Gasteiger charge is 2.37. The highest BCUT2D eigenvalue weighted by atomic mass is 79.9. The molecule has 1 N–H and O–H groups in total. The summed E-state index contributed by atoms with van der Waals surface area (Å²) in [5.74, 6) is -2.20. The summed E-state index contributed by atoms with van der Waals surface area (Å²) in [5, 5.41) is 8.77. The average molecular weight is 447 g/mol. The van der Waals surface area contributed by atoms with E-state index in [1.54, 1.807) is 0 Å². The van der Waals surface area contributed by atoms with Crippen molar-refractivity contribution in [2.45, 2.75) is 6.18 Å². The zero-order valence-electron chi connectivity index (χ0n) is 12.6. The summed E-state index contributed by atoms with van der Waals surface area (Å²) in [6.45, 7) is 0. The summed E-state index contributed by atoms with van der Waals surface area (Å²) in [5.41, 5.74) is -1.68. The Hall–Kier alpha value is -2.32. The molecule has 0 aliphatic heterocycles. The highest BCUT2D eigenvalue weighted by molar-refractivity contribution is 9.10. The quantitative estimate of drug-likeness (QED) is 0.555. The fraction of sp³-hybridized carbons (Fsp3) is 0.0588. The van der Waals surface area contributed by atoms with Gasteiger partial charge in [0.05, 0.1) is 32.9 Å². The molecule has 26 heavy (non-hydrogen) atoms. The number of nitrogens with zero attached hydrogens (tertiary/aromatic N) is 1. The fourth-order valence-electron chi connectivity index (χ4n) is 2.58. The van der Waals surface area contributed by atoms with Gasteiger partial charge in [-0.1, -0.05) is 17.7 Å². The Morgan fingerprint density at radius 2 is 1.85 bits per heavy atom. The fourth-order valence-corrected chi connectivity index (χ4v) is 3.38. The lowest BCUT2D eigenvalue weighted by Gasteiger charge is -2.13. The lowest BCUT2D eigenvalue weighted by Crippen LogP contribution is -2.16. The molecule has 3 rings (SSSR count). The van der Waals surface area contributed by atoms with Crippen LogP contribution in [0.1, 0.15) is 32.0 Å². The van der Waals surface area contributed by atoms with Gasteiger partial charge in [-0.3, -0.25) is 4.79 Å². The van der Waals surface area contributed by atoms with Crippen LogP contribution in [0.4, 0.5) is 13.2 Å². The van der Waals surface area contributed by atoms with Crippen LogP contribution in [-0.2, 0) is 6.18 Å². The molecule has 0 bridgehead atoms. The van der Waals surface area contributed by atoms with Crippen LogP contribution in [-0.4, -0.2) is 21.3 Å². The number of alkyl halides is 3. The first-order valence-corrected chi connectivity index (χ1v) is 8.22. The molecule has 0 saturated carbocycles. The van der Waals surface area contributed by atoms with Crippen molar-refractivity contribution in [2.24, 2.45) is 0 Å². The Morgan fingerprint density at radius 3 is 2.46 bits per heavy atom. The highest BCUT2D eigenvalue weighted by Crippen LogP contribution is 2.37. The smallest absolute Gasteiger partial charge is 0.417 e. The molecule has 0 atom stereocenters. The lowest BCUT2D eigenvalue weighted by molar-refractivity contribution is -0.137. The van der Waals surface area contributed by atoms with Crippen LogP contribution < -0.4 is 0 Å². The van der Waals surface area contributed by atoms with Crippen molar-refractivity contribution in [1.82, 2.24) is 4.40 Å². The van der Waals surface area contributed by atoms with Gasteiger partial charge in [-0.2, -0.15) is 13.2 Å². The van der Waals surface area contributed by atoms with Crippen molar-refractivity contribution < 1.29 is 27.9 Å². The van der Waals surface area contributed by atoms with Gasteiger partial charge in [0.2, 0.25) is 5.78 Å². The number of carbonyl (C=O) groups excluding carboxylic acids is 1. The third-order valence-corrected chi connectivity index (χ3v) is 4.69. The molecule has 134 valence electrons. The molecule has 0 aliphatic rings. The summed E-state index contributed by atoms with van der Waals surface area (Å²) >= 11 is 9.11. The van der Waals surface area contributed by atoms with Crippen molar-refractivity contribution in [1.29, 1.82) is 0 Å². The van der Waals surface area contributed by atoms with E-state index in [2.05, 4.69) is 15.9 Å². The molecule has 0 spiro atoms. The van der Waals surface area contributed by atoms with E-state index in [1.807, 2.05) is 0 Å². The first-order chi connectivity index (χ1) is 12.1. The van der Waals surface area contributed by atoms with Crippen molar-refractivity contribution >= 4 is 44.8 Å². The molecular weight excluding hydrogens is 439 g/mol. The van der Waals surface area contributed by atoms with E-state index in [-0.39, 0.29) is 16.3 Å². The van der Waals surface area contributed by atoms with Crippen molar-refractivity contribution in [3.05, 3.63) is 74.5 Å². The largest absolute Gasteiger partial charge is 0.478 e. The van der Waals surface area contributed by atoms with Gasteiger partial charge < -0.3 is 9.51 Å². The summed E-state index contributed by atoms with van der Waals surface area (Å²) in [4.78, 5) is 24.0. The number of rotatable bonds is 3. The van der Waals surface area contributed by atoms with Gasteiger partial charge >= 0.3 is 12.1 Å². The number of fused-ring (bicyclic) bond motifs is 1. The van der Waals surface area contributed by atoms with Gasteiger partial charge in [-0.15, -0.1) is 0 Å². The molecule has 0 fully saturated rings. The lowest BCUT2D eigenvalue weighted by atomic mass is 10.0. The Balaban J connectivity index is 2.27. The van der Waals surface area contributed by atoms with Crippen LogP contribution in [0.2, 0.25) is 5.02 Å². The van der Waals surface area contributed by atoms with Crippen LogP contribution >= 0.6 is 27.5 Å². The van der Waals surface area contributed by atoms with Crippen LogP contribution in [0.15, 0.2) is 47.1 Å². The van der Waals surface area contributed by atoms with Gasteiger partial charge in [-0.05, 0) is 46.3 Å². The van der Waals surface area contributed by atoms with Gasteiger partial charge in [0.1, 0.15) is 0 Å². The zero-order valence-corrected chi connectivity index (χ0v) is 15.0. The maximum absolute atomic E-state index is 13.3. The maximum atomic E-state index is 13.3. The van der Waals surface area contributed by atoms with E-state index in [4.69, 9.17) is 16.7 Å². The maximum Gasteiger partial charge on any atom is 0.417 e. The predicted molar refractivity (Wildman–Crippen MR) is 91.9 cm³/mol. The topological polar surface area (TPSA) is 58.8 Å². The van der Waals surface area contributed by atoms with Gasteiger partial charge in [-0.25, -0.2) is 4.79 Å². The van der Waals surface area contributed by atoms with E-state index in [0.717, 1.165) is 12.1 Å². The molecule has 9 heteroatoms. The standard InChI is InChI=1S/C17H8BrClF3NO3/c18-10-6-13(23-7-8(16(25)26)4-5-12(10)23)15(24)14-9(17(20,21)22)2-1-3-11(14)19/h1-7H,(H,25,26). The second-order valence-electron chi connectivity index (χ2n) is 5.34. The minimum atomic E-state index is -4.77. The molecule has 3 aromatic rings. The molecule has 0 radical (unpaired) electrons. The number of hydrogen-bond acceptors (Lipinski definition) is 2. The average Bonchev–Trinajstić information content (AvgIpc) is 2.89. The second kappa shape index (κ2) is 6.44. The molecule has 1 aromatic carbocycles. The predicted octanol–water partition coefficient (Wildman–Crippen LogP) is 5.30. The monoisotopic (exact) mass is 445 g/mol. The van der Waals surface area contributed by atoms with Crippen LogP contribution in [0.5, 0.6) is 0 Å². The Kier molecular flexibility index (Phi) is 4.58. The number of carboxylic acids is 1. The summed E-state index contributed by atoms with van der Waals surface area (Å²) in [6, 6.07) is 7.17. The Labute approximate surface area is 157 Å². The van der Waals surface area contributed by atoms with E-state index < -0.39 is 29.1 Å². The normalized spacial score (nSPS) is 11.7. The summed E-state index contributed by atoms with van der Waals surface area (Å²) in [6.07, 6.45) is -3.60. The molecule has 0 saturated heterocycles. The van der Waals surface area contributed by atoms with E-state index >= 15 is 0 Å². The number of benzene rings is 1.